The quantitative estimate of drug-likeness (QED) is 0.492. The van der Waals surface area contributed by atoms with E-state index < -0.39 is 5.97 Å². The molecule has 2 rings (SSSR count). The molecule has 25 heavy (non-hydrogen) atoms. The number of halogens is 1. The van der Waals surface area contributed by atoms with Gasteiger partial charge in [0.2, 0.25) is 0 Å². The fourth-order valence-electron chi connectivity index (χ4n) is 1.99. The molecule has 0 aliphatic carbocycles. The third kappa shape index (κ3) is 5.22. The van der Waals surface area contributed by atoms with Crippen LogP contribution >= 0.6 is 15.9 Å². The Morgan fingerprint density at radius 3 is 2.32 bits per heavy atom. The minimum Gasteiger partial charge on any atom is -0.493 e. The molecule has 0 aromatic heterocycles. The number of hydrogen-bond donors (Lipinski definition) is 0. The largest absolute Gasteiger partial charge is 0.493 e. The molecule has 0 N–H and O–H groups in total. The summed E-state index contributed by atoms with van der Waals surface area (Å²) in [6.07, 6.45) is 0.735. The monoisotopic (exact) mass is 408 g/mol. The molecule has 0 aliphatic heterocycles. The van der Waals surface area contributed by atoms with Gasteiger partial charge in [-0.15, -0.1) is 0 Å². The number of carbonyl (C=O) groups excluding carboxylic acids is 2. The first-order valence-corrected chi connectivity index (χ1v) is 8.10. The van der Waals surface area contributed by atoms with Gasteiger partial charge in [-0.2, -0.15) is 0 Å². The van der Waals surface area contributed by atoms with Crippen LogP contribution in [0.2, 0.25) is 0 Å². The number of methoxy groups -OCH3 is 2. The van der Waals surface area contributed by atoms with Crippen molar-refractivity contribution in [1.82, 2.24) is 0 Å². The Labute approximate surface area is 153 Å². The highest BCUT2D eigenvalue weighted by Crippen LogP contribution is 2.33. The van der Waals surface area contributed by atoms with Crippen LogP contribution in [0.3, 0.4) is 0 Å². The molecule has 0 heterocycles. The van der Waals surface area contributed by atoms with Gasteiger partial charge in [0.05, 0.1) is 14.2 Å². The van der Waals surface area contributed by atoms with Crippen LogP contribution in [0.5, 0.6) is 17.2 Å². The van der Waals surface area contributed by atoms with E-state index in [0.717, 1.165) is 16.3 Å². The average Bonchev–Trinajstić information content (AvgIpc) is 2.65. The van der Waals surface area contributed by atoms with Crippen LogP contribution in [0.4, 0.5) is 0 Å². The highest BCUT2D eigenvalue weighted by molar-refractivity contribution is 9.10. The van der Waals surface area contributed by atoms with E-state index in [1.54, 1.807) is 43.5 Å². The molecule has 0 saturated carbocycles. The van der Waals surface area contributed by atoms with Gasteiger partial charge in [0.25, 0.3) is 0 Å². The molecular formula is C18H17BrO6. The Bertz CT molecular complexity index is 742. The highest BCUT2D eigenvalue weighted by Gasteiger charge is 2.12. The number of benzene rings is 2. The summed E-state index contributed by atoms with van der Waals surface area (Å²) in [4.78, 5) is 22.4. The lowest BCUT2D eigenvalue weighted by Gasteiger charge is -2.12. The van der Waals surface area contributed by atoms with Crippen molar-refractivity contribution < 1.29 is 28.5 Å². The molecule has 0 bridgehead atoms. The smallest absolute Gasteiger partial charge is 0.344 e. The second kappa shape index (κ2) is 9.08. The van der Waals surface area contributed by atoms with Crippen molar-refractivity contribution in [2.24, 2.45) is 0 Å². The fraction of sp³-hybridized carbons (Fsp3) is 0.222. The minimum atomic E-state index is -0.513. The molecule has 2 aromatic carbocycles. The van der Waals surface area contributed by atoms with Crippen LogP contribution in [0.1, 0.15) is 15.9 Å². The molecular weight excluding hydrogens is 392 g/mol. The second-order valence-electron chi connectivity index (χ2n) is 4.93. The van der Waals surface area contributed by atoms with E-state index in [4.69, 9.17) is 18.9 Å². The van der Waals surface area contributed by atoms with Gasteiger partial charge in [0.1, 0.15) is 18.6 Å². The number of rotatable bonds is 8. The SMILES string of the molecule is COc1cc(Br)c(COC(=O)COc2ccc(C=O)cc2)cc1OC. The summed E-state index contributed by atoms with van der Waals surface area (Å²) in [5.74, 6) is 1.09. The Morgan fingerprint density at radius 2 is 1.72 bits per heavy atom. The molecule has 0 spiro atoms. The summed E-state index contributed by atoms with van der Waals surface area (Å²) in [5, 5.41) is 0. The van der Waals surface area contributed by atoms with Crippen LogP contribution in [0.15, 0.2) is 40.9 Å². The van der Waals surface area contributed by atoms with Crippen molar-refractivity contribution >= 4 is 28.2 Å². The minimum absolute atomic E-state index is 0.0627. The van der Waals surface area contributed by atoms with Crippen molar-refractivity contribution in [3.8, 4) is 17.2 Å². The first-order valence-electron chi connectivity index (χ1n) is 7.31. The van der Waals surface area contributed by atoms with Gasteiger partial charge in [-0.3, -0.25) is 4.79 Å². The van der Waals surface area contributed by atoms with Gasteiger partial charge < -0.3 is 18.9 Å². The molecule has 0 amide bonds. The van der Waals surface area contributed by atoms with Crippen LogP contribution < -0.4 is 14.2 Å². The van der Waals surface area contributed by atoms with Crippen LogP contribution in [0.25, 0.3) is 0 Å². The lowest BCUT2D eigenvalue weighted by molar-refractivity contribution is -0.147. The molecule has 0 radical (unpaired) electrons. The summed E-state index contributed by atoms with van der Waals surface area (Å²) >= 11 is 3.40. The maximum absolute atomic E-state index is 11.8. The maximum atomic E-state index is 11.8. The number of ether oxygens (including phenoxy) is 4. The van der Waals surface area contributed by atoms with Crippen molar-refractivity contribution in [2.75, 3.05) is 20.8 Å². The van der Waals surface area contributed by atoms with Crippen molar-refractivity contribution in [3.05, 3.63) is 52.0 Å². The van der Waals surface area contributed by atoms with Crippen LogP contribution in [0, 0.1) is 0 Å². The number of aldehydes is 1. The molecule has 0 saturated heterocycles. The normalized spacial score (nSPS) is 10.0. The zero-order valence-corrected chi connectivity index (χ0v) is 15.4. The lowest BCUT2D eigenvalue weighted by Crippen LogP contribution is -2.15. The summed E-state index contributed by atoms with van der Waals surface area (Å²) in [7, 11) is 3.08. The number of esters is 1. The van der Waals surface area contributed by atoms with Crippen molar-refractivity contribution in [2.45, 2.75) is 6.61 Å². The first kappa shape index (κ1) is 18.8. The molecule has 0 fully saturated rings. The predicted octanol–water partition coefficient (Wildman–Crippen LogP) is 3.40. The third-order valence-corrected chi connectivity index (χ3v) is 4.05. The van der Waals surface area contributed by atoms with Crippen molar-refractivity contribution in [1.29, 1.82) is 0 Å². The summed E-state index contributed by atoms with van der Waals surface area (Å²) in [6, 6.07) is 9.91. The number of carbonyl (C=O) groups is 2. The van der Waals surface area contributed by atoms with Gasteiger partial charge >= 0.3 is 5.97 Å². The Hall–Kier alpha value is -2.54. The molecule has 0 atom stereocenters. The van der Waals surface area contributed by atoms with E-state index in [-0.39, 0.29) is 13.2 Å². The van der Waals surface area contributed by atoms with E-state index in [9.17, 15) is 9.59 Å². The first-order chi connectivity index (χ1) is 12.1. The summed E-state index contributed by atoms with van der Waals surface area (Å²) < 4.78 is 21.7. The van der Waals surface area contributed by atoms with Gasteiger partial charge in [-0.05, 0) is 36.4 Å². The van der Waals surface area contributed by atoms with E-state index in [1.807, 2.05) is 0 Å². The topological polar surface area (TPSA) is 71.1 Å². The number of hydrogen-bond acceptors (Lipinski definition) is 6. The van der Waals surface area contributed by atoms with Gasteiger partial charge in [0, 0.05) is 15.6 Å². The molecule has 132 valence electrons. The lowest BCUT2D eigenvalue weighted by atomic mass is 10.2. The Morgan fingerprint density at radius 1 is 1.08 bits per heavy atom. The van der Waals surface area contributed by atoms with Crippen molar-refractivity contribution in [3.63, 3.8) is 0 Å². The zero-order valence-electron chi connectivity index (χ0n) is 13.8. The predicted molar refractivity (Wildman–Crippen MR) is 94.4 cm³/mol. The fourth-order valence-corrected chi connectivity index (χ4v) is 2.43. The van der Waals surface area contributed by atoms with E-state index in [0.29, 0.717) is 22.8 Å². The molecule has 0 unspecified atom stereocenters. The molecule has 2 aromatic rings. The standard InChI is InChI=1S/C18H17BrO6/c1-22-16-7-13(15(19)8-17(16)23-2)10-25-18(21)11-24-14-5-3-12(9-20)4-6-14/h3-9H,10-11H2,1-2H3. The zero-order chi connectivity index (χ0) is 18.2. The Balaban J connectivity index is 1.90. The van der Waals surface area contributed by atoms with E-state index in [2.05, 4.69) is 15.9 Å². The van der Waals surface area contributed by atoms with Gasteiger partial charge in [0.15, 0.2) is 18.1 Å². The third-order valence-electron chi connectivity index (χ3n) is 3.31. The molecule has 0 aliphatic rings. The molecule has 6 nitrogen and oxygen atoms in total. The molecule has 7 heteroatoms. The maximum Gasteiger partial charge on any atom is 0.344 e. The van der Waals surface area contributed by atoms with Gasteiger partial charge in [-0.1, -0.05) is 15.9 Å². The second-order valence-corrected chi connectivity index (χ2v) is 5.79. The average molecular weight is 409 g/mol. The van der Waals surface area contributed by atoms with Crippen LogP contribution in [-0.4, -0.2) is 33.1 Å². The van der Waals surface area contributed by atoms with Crippen LogP contribution in [-0.2, 0) is 16.1 Å². The highest BCUT2D eigenvalue weighted by atomic mass is 79.9. The van der Waals surface area contributed by atoms with Gasteiger partial charge in [-0.25, -0.2) is 4.79 Å². The summed E-state index contributed by atoms with van der Waals surface area (Å²) in [5.41, 5.74) is 1.27. The van der Waals surface area contributed by atoms with E-state index in [1.165, 1.54) is 7.11 Å². The Kier molecular flexibility index (Phi) is 6.82. The van der Waals surface area contributed by atoms with E-state index >= 15 is 0 Å². The summed E-state index contributed by atoms with van der Waals surface area (Å²) in [6.45, 7) is -0.168.